The molecule has 0 aromatic heterocycles. The molecule has 28 heavy (non-hydrogen) atoms. The van der Waals surface area contributed by atoms with Gasteiger partial charge in [0.05, 0.1) is 6.04 Å². The average molecular weight is 450 g/mol. The topological polar surface area (TPSA) is 57.6 Å². The lowest BCUT2D eigenvalue weighted by atomic mass is 9.85. The molecule has 2 aromatic rings. The van der Waals surface area contributed by atoms with Gasteiger partial charge in [0.25, 0.3) is 0 Å². The zero-order valence-corrected chi connectivity index (χ0v) is 18.1. The first kappa shape index (κ1) is 22.1. The molecular formula is C22H25BrFNO3. The number of ketones is 1. The van der Waals surface area contributed by atoms with Gasteiger partial charge < -0.3 is 10.0 Å². The summed E-state index contributed by atoms with van der Waals surface area (Å²) >= 11 is 3.36. The van der Waals surface area contributed by atoms with Crippen molar-refractivity contribution in [3.8, 4) is 0 Å². The highest BCUT2D eigenvalue weighted by Gasteiger charge is 2.23. The van der Waals surface area contributed by atoms with Gasteiger partial charge in [-0.2, -0.15) is 0 Å². The van der Waals surface area contributed by atoms with E-state index in [2.05, 4.69) is 15.9 Å². The fraction of sp³-hybridized carbons (Fsp3) is 0.364. The fourth-order valence-electron chi connectivity index (χ4n) is 3.02. The van der Waals surface area contributed by atoms with Crippen LogP contribution in [0.2, 0.25) is 0 Å². The predicted octanol–water partition coefficient (Wildman–Crippen LogP) is 6.20. The molecule has 0 fully saturated rings. The number of carbonyl (C=O) groups excluding carboxylic acids is 1. The number of hydrogen-bond acceptors (Lipinski definition) is 2. The number of Topliss-reactive ketones (excluding diaryl/α,β-unsaturated/α-hetero) is 1. The lowest BCUT2D eigenvalue weighted by Gasteiger charge is -2.27. The highest BCUT2D eigenvalue weighted by Crippen LogP contribution is 2.27. The van der Waals surface area contributed by atoms with Gasteiger partial charge in [0.1, 0.15) is 5.82 Å². The van der Waals surface area contributed by atoms with Crippen molar-refractivity contribution in [1.82, 2.24) is 4.90 Å². The van der Waals surface area contributed by atoms with E-state index in [0.717, 1.165) is 10.0 Å². The molecule has 2 aromatic carbocycles. The zero-order chi connectivity index (χ0) is 21.1. The van der Waals surface area contributed by atoms with Crippen molar-refractivity contribution < 1.29 is 19.1 Å². The molecule has 0 spiro atoms. The third-order valence-electron chi connectivity index (χ3n) is 4.74. The van der Waals surface area contributed by atoms with Crippen molar-refractivity contribution >= 4 is 27.8 Å². The Labute approximate surface area is 173 Å². The van der Waals surface area contributed by atoms with Gasteiger partial charge in [0, 0.05) is 23.0 Å². The summed E-state index contributed by atoms with van der Waals surface area (Å²) in [5.74, 6) is -0.556. The Kier molecular flexibility index (Phi) is 6.99. The van der Waals surface area contributed by atoms with E-state index in [1.165, 1.54) is 17.0 Å². The van der Waals surface area contributed by atoms with E-state index in [1.807, 2.05) is 45.0 Å². The SMILES string of the molecule is CC(c1ccc(Br)cc1)N(CCC(=O)c1ccc(F)c(C(C)(C)C)c1)C(=O)O. The summed E-state index contributed by atoms with van der Waals surface area (Å²) in [5.41, 5.74) is 1.28. The Bertz CT molecular complexity index is 859. The molecule has 150 valence electrons. The Balaban J connectivity index is 2.14. The van der Waals surface area contributed by atoms with Gasteiger partial charge in [-0.3, -0.25) is 4.79 Å². The van der Waals surface area contributed by atoms with E-state index >= 15 is 0 Å². The van der Waals surface area contributed by atoms with E-state index in [4.69, 9.17) is 0 Å². The summed E-state index contributed by atoms with van der Waals surface area (Å²) in [7, 11) is 0. The minimum atomic E-state index is -1.09. The van der Waals surface area contributed by atoms with Crippen LogP contribution in [-0.4, -0.2) is 28.4 Å². The van der Waals surface area contributed by atoms with Crippen molar-refractivity contribution in [2.75, 3.05) is 6.54 Å². The molecule has 0 aliphatic rings. The second kappa shape index (κ2) is 8.86. The molecule has 0 saturated carbocycles. The smallest absolute Gasteiger partial charge is 0.407 e. The first-order valence-corrected chi connectivity index (χ1v) is 9.88. The van der Waals surface area contributed by atoms with Crippen molar-refractivity contribution in [1.29, 1.82) is 0 Å². The predicted molar refractivity (Wildman–Crippen MR) is 111 cm³/mol. The standard InChI is InChI=1S/C22H25BrFNO3/c1-14(15-5-8-17(23)9-6-15)25(21(27)28)12-11-20(26)16-7-10-19(24)18(13-16)22(2,3)4/h5-10,13-14H,11-12H2,1-4H3,(H,27,28). The minimum Gasteiger partial charge on any atom is -0.465 e. The number of amides is 1. The Morgan fingerprint density at radius 1 is 1.14 bits per heavy atom. The van der Waals surface area contributed by atoms with Gasteiger partial charge in [0.2, 0.25) is 0 Å². The van der Waals surface area contributed by atoms with Gasteiger partial charge in [-0.1, -0.05) is 48.8 Å². The van der Waals surface area contributed by atoms with Crippen LogP contribution in [0.3, 0.4) is 0 Å². The lowest BCUT2D eigenvalue weighted by molar-refractivity contribution is 0.0942. The third-order valence-corrected chi connectivity index (χ3v) is 5.27. The molecule has 0 aliphatic heterocycles. The van der Waals surface area contributed by atoms with Crippen LogP contribution in [0.1, 0.15) is 61.6 Å². The number of carbonyl (C=O) groups is 2. The van der Waals surface area contributed by atoms with Crippen LogP contribution in [0.15, 0.2) is 46.9 Å². The monoisotopic (exact) mass is 449 g/mol. The van der Waals surface area contributed by atoms with Gasteiger partial charge in [-0.05, 0) is 53.8 Å². The maximum Gasteiger partial charge on any atom is 0.407 e. The van der Waals surface area contributed by atoms with Crippen LogP contribution >= 0.6 is 15.9 Å². The Morgan fingerprint density at radius 3 is 2.29 bits per heavy atom. The van der Waals surface area contributed by atoms with E-state index < -0.39 is 17.6 Å². The van der Waals surface area contributed by atoms with Crippen LogP contribution in [0.4, 0.5) is 9.18 Å². The quantitative estimate of drug-likeness (QED) is 0.533. The van der Waals surface area contributed by atoms with Crippen molar-refractivity contribution in [2.24, 2.45) is 0 Å². The largest absolute Gasteiger partial charge is 0.465 e. The number of hydrogen-bond donors (Lipinski definition) is 1. The van der Waals surface area contributed by atoms with Gasteiger partial charge in [-0.15, -0.1) is 0 Å². The molecule has 0 saturated heterocycles. The molecule has 1 amide bonds. The van der Waals surface area contributed by atoms with Crippen molar-refractivity contribution in [3.05, 3.63) is 69.4 Å². The van der Waals surface area contributed by atoms with Crippen LogP contribution in [0.25, 0.3) is 0 Å². The summed E-state index contributed by atoms with van der Waals surface area (Å²) in [4.78, 5) is 25.6. The molecule has 0 aliphatic carbocycles. The molecule has 0 radical (unpaired) electrons. The summed E-state index contributed by atoms with van der Waals surface area (Å²) in [6, 6.07) is 11.3. The first-order chi connectivity index (χ1) is 13.0. The number of carboxylic acid groups (broad SMARTS) is 1. The third kappa shape index (κ3) is 5.41. The molecule has 2 rings (SSSR count). The summed E-state index contributed by atoms with van der Waals surface area (Å²) in [6.45, 7) is 7.49. The maximum absolute atomic E-state index is 14.1. The maximum atomic E-state index is 14.1. The summed E-state index contributed by atoms with van der Waals surface area (Å²) in [6.07, 6.45) is -1.06. The molecule has 1 unspecified atom stereocenters. The average Bonchev–Trinajstić information content (AvgIpc) is 2.61. The zero-order valence-electron chi connectivity index (χ0n) is 16.5. The van der Waals surface area contributed by atoms with E-state index in [-0.39, 0.29) is 24.6 Å². The molecular weight excluding hydrogens is 425 g/mol. The van der Waals surface area contributed by atoms with E-state index in [9.17, 15) is 19.1 Å². The van der Waals surface area contributed by atoms with Crippen LogP contribution < -0.4 is 0 Å². The van der Waals surface area contributed by atoms with Gasteiger partial charge in [-0.25, -0.2) is 9.18 Å². The van der Waals surface area contributed by atoms with Gasteiger partial charge in [0.15, 0.2) is 5.78 Å². The first-order valence-electron chi connectivity index (χ1n) is 9.09. The summed E-state index contributed by atoms with van der Waals surface area (Å²) < 4.78 is 15.0. The number of rotatable bonds is 6. The molecule has 0 bridgehead atoms. The van der Waals surface area contributed by atoms with Crippen molar-refractivity contribution in [2.45, 2.75) is 45.6 Å². The molecule has 1 N–H and O–H groups in total. The van der Waals surface area contributed by atoms with Crippen LogP contribution in [0.5, 0.6) is 0 Å². The Hall–Kier alpha value is -2.21. The van der Waals surface area contributed by atoms with Crippen LogP contribution in [-0.2, 0) is 5.41 Å². The molecule has 6 heteroatoms. The lowest BCUT2D eigenvalue weighted by Crippen LogP contribution is -2.34. The van der Waals surface area contributed by atoms with Crippen molar-refractivity contribution in [3.63, 3.8) is 0 Å². The fourth-order valence-corrected chi connectivity index (χ4v) is 3.28. The second-order valence-corrected chi connectivity index (χ2v) is 8.74. The number of nitrogens with zero attached hydrogens (tertiary/aromatic N) is 1. The second-order valence-electron chi connectivity index (χ2n) is 7.82. The molecule has 1 atom stereocenters. The van der Waals surface area contributed by atoms with Crippen LogP contribution in [0, 0.1) is 5.82 Å². The Morgan fingerprint density at radius 2 is 1.75 bits per heavy atom. The number of benzene rings is 2. The van der Waals surface area contributed by atoms with E-state index in [1.54, 1.807) is 13.0 Å². The van der Waals surface area contributed by atoms with Gasteiger partial charge >= 0.3 is 6.09 Å². The highest BCUT2D eigenvalue weighted by atomic mass is 79.9. The highest BCUT2D eigenvalue weighted by molar-refractivity contribution is 9.10. The summed E-state index contributed by atoms with van der Waals surface area (Å²) in [5, 5.41) is 9.59. The molecule has 4 nitrogen and oxygen atoms in total. The normalized spacial score (nSPS) is 12.5. The molecule has 0 heterocycles. The minimum absolute atomic E-state index is 0.0301. The number of halogens is 2. The van der Waals surface area contributed by atoms with E-state index in [0.29, 0.717) is 11.1 Å².